The van der Waals surface area contributed by atoms with Crippen molar-refractivity contribution in [1.29, 1.82) is 0 Å². The topological polar surface area (TPSA) is 66.0 Å². The summed E-state index contributed by atoms with van der Waals surface area (Å²) < 4.78 is 5.75. The first-order valence-corrected chi connectivity index (χ1v) is 11.1. The Bertz CT molecular complexity index is 604. The van der Waals surface area contributed by atoms with Gasteiger partial charge < -0.3 is 20.3 Å². The van der Waals surface area contributed by atoms with Crippen molar-refractivity contribution in [1.82, 2.24) is 15.5 Å². The minimum absolute atomic E-state index is 0. The molecule has 0 unspecified atom stereocenters. The molecular weight excluding hydrogens is 491 g/mol. The van der Waals surface area contributed by atoms with Gasteiger partial charge in [0, 0.05) is 46.3 Å². The smallest absolute Gasteiger partial charge is 0.220 e. The molecule has 1 aliphatic heterocycles. The predicted octanol–water partition coefficient (Wildman–Crippen LogP) is 3.46. The van der Waals surface area contributed by atoms with E-state index in [9.17, 15) is 4.79 Å². The van der Waals surface area contributed by atoms with E-state index in [1.54, 1.807) is 7.05 Å². The van der Waals surface area contributed by atoms with Gasteiger partial charge in [-0.3, -0.25) is 9.79 Å². The number of nitrogens with zero attached hydrogens (tertiary/aromatic N) is 2. The Morgan fingerprint density at radius 1 is 1.17 bits per heavy atom. The van der Waals surface area contributed by atoms with E-state index in [1.165, 1.54) is 5.56 Å². The van der Waals surface area contributed by atoms with E-state index in [-0.39, 0.29) is 29.9 Å². The minimum Gasteiger partial charge on any atom is -0.381 e. The van der Waals surface area contributed by atoms with Crippen LogP contribution >= 0.6 is 24.0 Å². The number of halogens is 1. The first-order valence-electron chi connectivity index (χ1n) is 11.1. The molecule has 2 N–H and O–H groups in total. The molecule has 1 saturated heterocycles. The van der Waals surface area contributed by atoms with Crippen LogP contribution in [0.5, 0.6) is 0 Å². The molecule has 0 radical (unpaired) electrons. The monoisotopic (exact) mass is 530 g/mol. The third-order valence-electron chi connectivity index (χ3n) is 5.34. The number of piperidine rings is 1. The summed E-state index contributed by atoms with van der Waals surface area (Å²) in [6, 6.07) is 10.5. The van der Waals surface area contributed by atoms with Gasteiger partial charge in [-0.05, 0) is 50.5 Å². The average Bonchev–Trinajstić information content (AvgIpc) is 2.76. The second-order valence-electron chi connectivity index (χ2n) is 7.60. The van der Waals surface area contributed by atoms with Crippen LogP contribution in [0.15, 0.2) is 35.3 Å². The van der Waals surface area contributed by atoms with Crippen LogP contribution in [0, 0.1) is 5.92 Å². The van der Waals surface area contributed by atoms with Crippen LogP contribution in [0.1, 0.15) is 44.6 Å². The molecule has 0 bridgehead atoms. The van der Waals surface area contributed by atoms with Crippen LogP contribution in [-0.2, 0) is 16.0 Å². The van der Waals surface area contributed by atoms with Gasteiger partial charge in [0.25, 0.3) is 0 Å². The molecule has 1 aromatic rings. The molecule has 0 aromatic heterocycles. The molecular formula is C23H39IN4O2. The molecule has 0 saturated carbocycles. The van der Waals surface area contributed by atoms with Crippen LogP contribution in [0.2, 0.25) is 0 Å². The average molecular weight is 530 g/mol. The first kappa shape index (κ1) is 26.7. The van der Waals surface area contributed by atoms with E-state index in [1.807, 2.05) is 6.07 Å². The standard InChI is InChI=1S/C23H38N4O2.HI/c1-3-25-23(27-15-11-21(12-16-27)19-22(28)24-2)26-14-7-8-17-29-18-13-20-9-5-4-6-10-20;/h4-6,9-10,21H,3,7-8,11-19H2,1-2H3,(H,24,28)(H,25,26);1H. The summed E-state index contributed by atoms with van der Waals surface area (Å²) in [5.74, 6) is 1.65. The summed E-state index contributed by atoms with van der Waals surface area (Å²) in [6.07, 6.45) is 5.78. The Balaban J connectivity index is 0.00000450. The maximum atomic E-state index is 11.6. The molecule has 1 aliphatic rings. The van der Waals surface area contributed by atoms with E-state index >= 15 is 0 Å². The number of likely N-dealkylation sites (tertiary alicyclic amines) is 1. The molecule has 1 amide bonds. The molecule has 0 atom stereocenters. The van der Waals surface area contributed by atoms with Gasteiger partial charge in [0.1, 0.15) is 0 Å². The van der Waals surface area contributed by atoms with Crippen molar-refractivity contribution in [3.05, 3.63) is 35.9 Å². The molecule has 170 valence electrons. The quantitative estimate of drug-likeness (QED) is 0.199. The van der Waals surface area contributed by atoms with E-state index in [0.717, 1.165) is 77.5 Å². The highest BCUT2D eigenvalue weighted by molar-refractivity contribution is 14.0. The maximum absolute atomic E-state index is 11.6. The summed E-state index contributed by atoms with van der Waals surface area (Å²) in [5, 5.41) is 6.14. The highest BCUT2D eigenvalue weighted by Gasteiger charge is 2.22. The highest BCUT2D eigenvalue weighted by Crippen LogP contribution is 2.20. The van der Waals surface area contributed by atoms with Gasteiger partial charge in [0.15, 0.2) is 5.96 Å². The number of nitrogens with one attached hydrogen (secondary N) is 2. The van der Waals surface area contributed by atoms with Gasteiger partial charge in [-0.25, -0.2) is 0 Å². The molecule has 1 aromatic carbocycles. The van der Waals surface area contributed by atoms with Crippen molar-refractivity contribution in [2.45, 2.75) is 45.4 Å². The van der Waals surface area contributed by atoms with E-state index in [0.29, 0.717) is 12.3 Å². The van der Waals surface area contributed by atoms with Gasteiger partial charge in [-0.1, -0.05) is 30.3 Å². The highest BCUT2D eigenvalue weighted by atomic mass is 127. The minimum atomic E-state index is 0. The number of hydrogen-bond acceptors (Lipinski definition) is 3. The lowest BCUT2D eigenvalue weighted by Crippen LogP contribution is -2.46. The van der Waals surface area contributed by atoms with Crippen LogP contribution in [0.3, 0.4) is 0 Å². The van der Waals surface area contributed by atoms with Crippen molar-refractivity contribution in [2.24, 2.45) is 10.9 Å². The number of guanidine groups is 1. The third-order valence-corrected chi connectivity index (χ3v) is 5.34. The zero-order chi connectivity index (χ0) is 20.7. The first-order chi connectivity index (χ1) is 14.2. The number of amides is 1. The fourth-order valence-electron chi connectivity index (χ4n) is 3.58. The predicted molar refractivity (Wildman–Crippen MR) is 135 cm³/mol. The van der Waals surface area contributed by atoms with Crippen molar-refractivity contribution >= 4 is 35.8 Å². The van der Waals surface area contributed by atoms with Gasteiger partial charge in [0.05, 0.1) is 6.61 Å². The zero-order valence-corrected chi connectivity index (χ0v) is 20.9. The molecule has 7 heteroatoms. The van der Waals surface area contributed by atoms with Crippen molar-refractivity contribution < 1.29 is 9.53 Å². The van der Waals surface area contributed by atoms with Gasteiger partial charge in [0.2, 0.25) is 5.91 Å². The molecule has 6 nitrogen and oxygen atoms in total. The zero-order valence-electron chi connectivity index (χ0n) is 18.6. The largest absolute Gasteiger partial charge is 0.381 e. The third kappa shape index (κ3) is 10.6. The Labute approximate surface area is 199 Å². The molecule has 30 heavy (non-hydrogen) atoms. The van der Waals surface area contributed by atoms with Gasteiger partial charge >= 0.3 is 0 Å². The van der Waals surface area contributed by atoms with E-state index in [2.05, 4.69) is 46.7 Å². The van der Waals surface area contributed by atoms with Crippen molar-refractivity contribution in [3.8, 4) is 0 Å². The summed E-state index contributed by atoms with van der Waals surface area (Å²) in [7, 11) is 1.71. The number of ether oxygens (including phenoxy) is 1. The number of unbranched alkanes of at least 4 members (excludes halogenated alkanes) is 1. The van der Waals surface area contributed by atoms with E-state index < -0.39 is 0 Å². The summed E-state index contributed by atoms with van der Waals surface area (Å²) in [6.45, 7) is 7.31. The Morgan fingerprint density at radius 3 is 2.57 bits per heavy atom. The number of hydrogen-bond donors (Lipinski definition) is 2. The fraction of sp³-hybridized carbons (Fsp3) is 0.652. The van der Waals surface area contributed by atoms with Crippen molar-refractivity contribution in [3.63, 3.8) is 0 Å². The van der Waals surface area contributed by atoms with Gasteiger partial charge in [-0.2, -0.15) is 0 Å². The second kappa shape index (κ2) is 16.4. The number of carbonyl (C=O) groups is 1. The second-order valence-corrected chi connectivity index (χ2v) is 7.60. The maximum Gasteiger partial charge on any atom is 0.220 e. The van der Waals surface area contributed by atoms with Crippen LogP contribution < -0.4 is 10.6 Å². The lowest BCUT2D eigenvalue weighted by molar-refractivity contribution is -0.121. The van der Waals surface area contributed by atoms with E-state index in [4.69, 9.17) is 9.73 Å². The van der Waals surface area contributed by atoms with Crippen LogP contribution in [0.4, 0.5) is 0 Å². The SMILES string of the molecule is CCNC(=NCCCCOCCc1ccccc1)N1CCC(CC(=O)NC)CC1.I. The lowest BCUT2D eigenvalue weighted by Gasteiger charge is -2.34. The normalized spacial score (nSPS) is 14.9. The number of benzene rings is 1. The Hall–Kier alpha value is -1.35. The van der Waals surface area contributed by atoms with Gasteiger partial charge in [-0.15, -0.1) is 24.0 Å². The van der Waals surface area contributed by atoms with Crippen molar-refractivity contribution in [2.75, 3.05) is 46.4 Å². The van der Waals surface area contributed by atoms with Crippen LogP contribution in [0.25, 0.3) is 0 Å². The number of carbonyl (C=O) groups excluding carboxylic acids is 1. The number of aliphatic imine (C=N–C) groups is 1. The molecule has 1 fully saturated rings. The molecule has 2 rings (SSSR count). The Morgan fingerprint density at radius 2 is 1.90 bits per heavy atom. The molecule has 1 heterocycles. The summed E-state index contributed by atoms with van der Waals surface area (Å²) in [5.41, 5.74) is 1.33. The summed E-state index contributed by atoms with van der Waals surface area (Å²) in [4.78, 5) is 18.7. The Kier molecular flexibility index (Phi) is 14.5. The lowest BCUT2D eigenvalue weighted by atomic mass is 9.93. The molecule has 0 aliphatic carbocycles. The molecule has 0 spiro atoms. The summed E-state index contributed by atoms with van der Waals surface area (Å²) >= 11 is 0. The fourth-order valence-corrected chi connectivity index (χ4v) is 3.58. The number of rotatable bonds is 11. The van der Waals surface area contributed by atoms with Crippen LogP contribution in [-0.4, -0.2) is 63.2 Å².